The van der Waals surface area contributed by atoms with Crippen LogP contribution in [0.4, 0.5) is 0 Å². The number of carbonyl (C=O) groups is 1. The molecule has 0 radical (unpaired) electrons. The predicted molar refractivity (Wildman–Crippen MR) is 98.2 cm³/mol. The molecular weight excluding hydrogens is 303 g/mol. The summed E-state index contributed by atoms with van der Waals surface area (Å²) in [6, 6.07) is 4.15. The number of ketones is 1. The van der Waals surface area contributed by atoms with Gasteiger partial charge in [-0.25, -0.2) is 0 Å². The monoisotopic (exact) mass is 333 g/mol. The number of hydrogen-bond acceptors (Lipinski definition) is 2. The second kappa shape index (κ2) is 7.26. The highest BCUT2D eigenvalue weighted by molar-refractivity contribution is 7.48. The second-order valence-corrected chi connectivity index (χ2v) is 9.67. The van der Waals surface area contributed by atoms with Crippen LogP contribution < -0.4 is 0 Å². The second-order valence-electron chi connectivity index (χ2n) is 7.28. The Morgan fingerprint density at radius 2 is 1.65 bits per heavy atom. The molecule has 0 aliphatic heterocycles. The van der Waals surface area contributed by atoms with E-state index in [0.29, 0.717) is 0 Å². The van der Waals surface area contributed by atoms with Crippen molar-refractivity contribution in [2.24, 2.45) is 0 Å². The van der Waals surface area contributed by atoms with Crippen molar-refractivity contribution in [3.8, 4) is 0 Å². The van der Waals surface area contributed by atoms with Gasteiger partial charge in [0.25, 0.3) is 0 Å². The molecule has 1 aliphatic rings. The zero-order valence-corrected chi connectivity index (χ0v) is 16.1. The Labute approximate surface area is 141 Å². The normalized spacial score (nSPS) is 19.3. The van der Waals surface area contributed by atoms with E-state index in [9.17, 15) is 9.36 Å². The van der Waals surface area contributed by atoms with Gasteiger partial charge >= 0.3 is 7.80 Å². The lowest BCUT2D eigenvalue weighted by Gasteiger charge is -2.29. The van der Waals surface area contributed by atoms with E-state index in [2.05, 4.69) is 26.0 Å². The smallest absolute Gasteiger partial charge is 0.289 e. The first-order valence-electron chi connectivity index (χ1n) is 8.92. The molecule has 0 aromatic heterocycles. The van der Waals surface area contributed by atoms with E-state index in [1.165, 1.54) is 5.56 Å². The molecule has 1 aromatic carbocycles. The number of carbonyl (C=O) groups excluding carboxylic acids is 1. The number of rotatable bonds is 5. The van der Waals surface area contributed by atoms with Gasteiger partial charge in [-0.3, -0.25) is 4.79 Å². The van der Waals surface area contributed by atoms with Crippen LogP contribution in [0, 0.1) is 20.8 Å². The van der Waals surface area contributed by atoms with Crippen LogP contribution in [-0.2, 0) is 4.57 Å². The Kier molecular flexibility index (Phi) is 5.79. The molecule has 1 fully saturated rings. The van der Waals surface area contributed by atoms with Crippen molar-refractivity contribution in [3.05, 3.63) is 34.4 Å². The Hall–Kier alpha value is -1.01. The summed E-state index contributed by atoms with van der Waals surface area (Å²) < 4.78 is 13.3. The molecule has 2 atom stereocenters. The molecule has 0 bridgehead atoms. The fourth-order valence-corrected chi connectivity index (χ4v) is 6.29. The van der Waals surface area contributed by atoms with Crippen LogP contribution in [0.3, 0.4) is 0 Å². The van der Waals surface area contributed by atoms with Crippen LogP contribution in [0.25, 0.3) is 0 Å². The lowest BCUT2D eigenvalue weighted by molar-refractivity contribution is 0.0910. The first-order valence-corrected chi connectivity index (χ1v) is 10.3. The van der Waals surface area contributed by atoms with Crippen molar-refractivity contribution in [3.63, 3.8) is 0 Å². The minimum atomic E-state index is -1.54. The Morgan fingerprint density at radius 3 is 2.13 bits per heavy atom. The first kappa shape index (κ1) is 18.3. The molecule has 0 amide bonds. The Balaban J connectivity index is 2.52. The van der Waals surface area contributed by atoms with Crippen LogP contribution >= 0.6 is 7.80 Å². The zero-order valence-electron chi connectivity index (χ0n) is 15.2. The van der Waals surface area contributed by atoms with Crippen molar-refractivity contribution in [2.45, 2.75) is 84.0 Å². The van der Waals surface area contributed by atoms with E-state index >= 15 is 0 Å². The average Bonchev–Trinajstić information content (AvgIpc) is 2.52. The van der Waals surface area contributed by atoms with Gasteiger partial charge in [0.05, 0.1) is 0 Å². The average molecular weight is 333 g/mol. The van der Waals surface area contributed by atoms with Gasteiger partial charge in [-0.1, -0.05) is 35.6 Å². The van der Waals surface area contributed by atoms with Crippen molar-refractivity contribution >= 4 is 13.6 Å². The minimum absolute atomic E-state index is 0.109. The van der Waals surface area contributed by atoms with Gasteiger partial charge in [0, 0.05) is 18.4 Å². The Morgan fingerprint density at radius 1 is 1.13 bits per heavy atom. The molecule has 2 rings (SSSR count). The summed E-state index contributed by atoms with van der Waals surface area (Å²) in [4.78, 5) is 13.6. The van der Waals surface area contributed by atoms with Crippen molar-refractivity contribution < 1.29 is 9.36 Å². The Bertz CT molecular complexity index is 589. The molecule has 0 spiro atoms. The maximum Gasteiger partial charge on any atom is 0.356 e. The van der Waals surface area contributed by atoms with Gasteiger partial charge in [-0.15, -0.1) is 0 Å². The van der Waals surface area contributed by atoms with Crippen LogP contribution in [-0.4, -0.2) is 16.6 Å². The summed E-state index contributed by atoms with van der Waals surface area (Å²) in [6.07, 6.45) is 5.65. The van der Waals surface area contributed by atoms with E-state index in [4.69, 9.17) is 0 Å². The van der Waals surface area contributed by atoms with Crippen LogP contribution in [0.15, 0.2) is 12.1 Å². The van der Waals surface area contributed by atoms with Gasteiger partial charge in [0.1, 0.15) is 0 Å². The van der Waals surface area contributed by atoms with Gasteiger partial charge in [-0.2, -0.15) is 0 Å². The quantitative estimate of drug-likeness (QED) is 0.480. The largest absolute Gasteiger partial charge is 0.356 e. The third-order valence-electron chi connectivity index (χ3n) is 5.42. The molecule has 2 unspecified atom stereocenters. The van der Waals surface area contributed by atoms with Gasteiger partial charge < -0.3 is 0 Å². The molecule has 0 heterocycles. The van der Waals surface area contributed by atoms with E-state index < -0.39 is 13.0 Å². The third-order valence-corrected chi connectivity index (χ3v) is 8.08. The third kappa shape index (κ3) is 3.43. The van der Waals surface area contributed by atoms with E-state index in [1.54, 1.807) is 0 Å². The highest BCUT2D eigenvalue weighted by Crippen LogP contribution is 2.54. The fourth-order valence-electron chi connectivity index (χ4n) is 4.04. The summed E-state index contributed by atoms with van der Waals surface area (Å²) in [5.41, 5.74) is 4.18. The zero-order chi connectivity index (χ0) is 17.2. The van der Waals surface area contributed by atoms with E-state index in [1.807, 2.05) is 20.8 Å². The number of aryl methyl sites for hydroxylation is 3. The lowest BCUT2D eigenvalue weighted by Crippen LogP contribution is -2.39. The first-order chi connectivity index (χ1) is 10.8. The molecule has 126 valence electrons. The minimum Gasteiger partial charge on any atom is -0.289 e. The number of Topliss-reactive ketones (excluding diaryl/α,β-unsaturated/α-hetero) is 1. The maximum absolute atomic E-state index is 13.6. The lowest BCUT2D eigenvalue weighted by atomic mass is 9.80. The van der Waals surface area contributed by atoms with Gasteiger partial charge in [-0.05, 0) is 58.1 Å². The highest BCUT2D eigenvalue weighted by atomic mass is 31.1. The molecule has 3 heteroatoms. The summed E-state index contributed by atoms with van der Waals surface area (Å²) in [5, 5.41) is -0.631. The molecule has 0 N–H and O–H groups in total. The molecule has 23 heavy (non-hydrogen) atoms. The van der Waals surface area contributed by atoms with E-state index in [-0.39, 0.29) is 11.4 Å². The summed E-state index contributed by atoms with van der Waals surface area (Å²) in [6.45, 7) is 10.2. The SMILES string of the molecule is CCC(C)[P+](=O)C1(C(=O)c2c(C)cc(C)cc2C)CCCCC1. The highest BCUT2D eigenvalue weighted by Gasteiger charge is 2.57. The molecule has 2 nitrogen and oxygen atoms in total. The molecule has 1 aliphatic carbocycles. The summed E-state index contributed by atoms with van der Waals surface area (Å²) >= 11 is 0. The van der Waals surface area contributed by atoms with Gasteiger partial charge in [0.2, 0.25) is 10.9 Å². The van der Waals surface area contributed by atoms with Crippen LogP contribution in [0.5, 0.6) is 0 Å². The fraction of sp³-hybridized carbons (Fsp3) is 0.650. The predicted octanol–water partition coefficient (Wildman–Crippen LogP) is 6.12. The maximum atomic E-state index is 13.6. The number of hydrogen-bond donors (Lipinski definition) is 0. The van der Waals surface area contributed by atoms with Crippen LogP contribution in [0.2, 0.25) is 0 Å². The van der Waals surface area contributed by atoms with Crippen molar-refractivity contribution in [2.75, 3.05) is 0 Å². The summed E-state index contributed by atoms with van der Waals surface area (Å²) in [7, 11) is -1.54. The molecule has 1 saturated carbocycles. The van der Waals surface area contributed by atoms with Gasteiger partial charge in [0.15, 0.2) is 5.66 Å². The topological polar surface area (TPSA) is 34.1 Å². The van der Waals surface area contributed by atoms with E-state index in [0.717, 1.165) is 55.2 Å². The van der Waals surface area contributed by atoms with Crippen molar-refractivity contribution in [1.82, 2.24) is 0 Å². The van der Waals surface area contributed by atoms with Crippen molar-refractivity contribution in [1.29, 1.82) is 0 Å². The number of benzene rings is 1. The summed E-state index contributed by atoms with van der Waals surface area (Å²) in [5.74, 6) is 0.147. The molecular formula is C20H30O2P+. The molecule has 1 aromatic rings. The standard InChI is InChI=1S/C20H30O2P/c1-6-17(5)23(22)20(10-8-7-9-11-20)19(21)18-15(3)12-14(2)13-16(18)4/h12-13,17H,6-11H2,1-5H3/q+1. The molecule has 0 saturated heterocycles. The van der Waals surface area contributed by atoms with Crippen LogP contribution in [0.1, 0.15) is 79.4 Å².